The molecule has 2 aromatic rings. The average molecular weight is 384 g/mol. The second kappa shape index (κ2) is 7.67. The lowest BCUT2D eigenvalue weighted by atomic mass is 9.98. The summed E-state index contributed by atoms with van der Waals surface area (Å²) in [5, 5.41) is 4.11. The van der Waals surface area contributed by atoms with Gasteiger partial charge in [0.25, 0.3) is 11.8 Å². The second-order valence-electron chi connectivity index (χ2n) is 7.35. The molecule has 0 radical (unpaired) electrons. The first-order valence-corrected chi connectivity index (χ1v) is 9.50. The molecule has 4 rings (SSSR count). The first-order valence-electron chi connectivity index (χ1n) is 9.50. The maximum absolute atomic E-state index is 12.8. The van der Waals surface area contributed by atoms with Gasteiger partial charge in [0.15, 0.2) is 0 Å². The first kappa shape index (κ1) is 18.5. The van der Waals surface area contributed by atoms with Gasteiger partial charge in [-0.3, -0.25) is 19.3 Å². The quantitative estimate of drug-likeness (QED) is 0.768. The third kappa shape index (κ3) is 3.62. The lowest BCUT2D eigenvalue weighted by molar-refractivity contribution is -0.153. The Morgan fingerprint density at radius 1 is 1.25 bits per heavy atom. The van der Waals surface area contributed by atoms with E-state index in [9.17, 15) is 9.59 Å². The number of aryl methyl sites for hydroxylation is 1. The largest absolute Gasteiger partial charge is 0.363 e. The molecule has 0 bridgehead atoms. The van der Waals surface area contributed by atoms with Gasteiger partial charge in [-0.15, -0.1) is 5.10 Å². The monoisotopic (exact) mass is 384 g/mol. The highest BCUT2D eigenvalue weighted by atomic mass is 16.5. The van der Waals surface area contributed by atoms with Gasteiger partial charge in [-0.2, -0.15) is 0 Å². The summed E-state index contributed by atoms with van der Waals surface area (Å²) in [5.41, 5.74) is 0.840. The summed E-state index contributed by atoms with van der Waals surface area (Å²) in [6.07, 6.45) is 4.68. The number of likely N-dealkylation sites (N-methyl/N-ethyl adjacent to an activating group) is 1. The Morgan fingerprint density at radius 2 is 2.11 bits per heavy atom. The summed E-state index contributed by atoms with van der Waals surface area (Å²) in [5.74, 6) is -0.00883. The average Bonchev–Trinajstić information content (AvgIpc) is 3.33. The van der Waals surface area contributed by atoms with Gasteiger partial charge in [0, 0.05) is 26.8 Å². The molecular weight excluding hydrogens is 360 g/mol. The van der Waals surface area contributed by atoms with Crippen LogP contribution in [-0.4, -0.2) is 73.2 Å². The van der Waals surface area contributed by atoms with Gasteiger partial charge in [0.05, 0.1) is 24.4 Å². The SMILES string of the molecule is CN(Cc1ccccn1)C(=O)[C@H]1CC[C@@H]2[C@@H](CCN2C(=O)c2ncn(C)n2)O1. The number of ether oxygens (including phenoxy) is 1. The standard InChI is InChI=1S/C19H24N6O3/c1-23(11-13-5-3-4-9-20-13)18(26)16-7-6-14-15(28-16)8-10-25(14)19(27)17-21-12-24(2)22-17/h3-5,9,12,14-16H,6-8,10-11H2,1-2H3/t14-,15-,16-/m1/s1. The molecule has 3 atom stereocenters. The molecule has 0 aliphatic carbocycles. The van der Waals surface area contributed by atoms with Gasteiger partial charge in [-0.1, -0.05) is 6.07 Å². The van der Waals surface area contributed by atoms with Crippen LogP contribution in [0.3, 0.4) is 0 Å². The van der Waals surface area contributed by atoms with Crippen LogP contribution in [0.15, 0.2) is 30.7 Å². The highest BCUT2D eigenvalue weighted by Crippen LogP contribution is 2.32. The number of carbonyl (C=O) groups is 2. The fourth-order valence-corrected chi connectivity index (χ4v) is 3.98. The summed E-state index contributed by atoms with van der Waals surface area (Å²) < 4.78 is 7.62. The summed E-state index contributed by atoms with van der Waals surface area (Å²) in [6.45, 7) is 1.04. The van der Waals surface area contributed by atoms with Gasteiger partial charge in [-0.05, 0) is 31.4 Å². The number of hydrogen-bond acceptors (Lipinski definition) is 6. The summed E-state index contributed by atoms with van der Waals surface area (Å²) >= 11 is 0. The molecule has 2 amide bonds. The maximum atomic E-state index is 12.8. The highest BCUT2D eigenvalue weighted by molar-refractivity contribution is 5.91. The molecule has 9 nitrogen and oxygen atoms in total. The van der Waals surface area contributed by atoms with Crippen LogP contribution in [0, 0.1) is 0 Å². The van der Waals surface area contributed by atoms with Crippen LogP contribution in [-0.2, 0) is 23.1 Å². The molecule has 28 heavy (non-hydrogen) atoms. The third-order valence-corrected chi connectivity index (χ3v) is 5.38. The van der Waals surface area contributed by atoms with Crippen LogP contribution < -0.4 is 0 Å². The van der Waals surface area contributed by atoms with E-state index in [1.807, 2.05) is 18.2 Å². The lowest BCUT2D eigenvalue weighted by Gasteiger charge is -2.36. The summed E-state index contributed by atoms with van der Waals surface area (Å²) in [4.78, 5) is 37.3. The maximum Gasteiger partial charge on any atom is 0.293 e. The van der Waals surface area contributed by atoms with Crippen molar-refractivity contribution in [2.75, 3.05) is 13.6 Å². The van der Waals surface area contributed by atoms with E-state index in [-0.39, 0.29) is 29.8 Å². The van der Waals surface area contributed by atoms with Crippen LogP contribution in [0.5, 0.6) is 0 Å². The van der Waals surface area contributed by atoms with Gasteiger partial charge in [0.1, 0.15) is 12.4 Å². The molecule has 148 valence electrons. The smallest absolute Gasteiger partial charge is 0.293 e. The fourth-order valence-electron chi connectivity index (χ4n) is 3.98. The van der Waals surface area contributed by atoms with E-state index >= 15 is 0 Å². The van der Waals surface area contributed by atoms with Crippen molar-refractivity contribution in [1.82, 2.24) is 29.5 Å². The molecule has 2 aliphatic rings. The molecular formula is C19H24N6O3. The number of fused-ring (bicyclic) bond motifs is 1. The first-order chi connectivity index (χ1) is 13.5. The molecule has 0 spiro atoms. The van der Waals surface area contributed by atoms with Gasteiger partial charge in [-0.25, -0.2) is 4.98 Å². The van der Waals surface area contributed by atoms with Gasteiger partial charge >= 0.3 is 0 Å². The Hall–Kier alpha value is -2.81. The topological polar surface area (TPSA) is 93.5 Å². The van der Waals surface area contributed by atoms with E-state index in [1.54, 1.807) is 30.1 Å². The van der Waals surface area contributed by atoms with Crippen molar-refractivity contribution in [3.8, 4) is 0 Å². The van der Waals surface area contributed by atoms with Crippen LogP contribution in [0.25, 0.3) is 0 Å². The number of nitrogens with zero attached hydrogens (tertiary/aromatic N) is 6. The van der Waals surface area contributed by atoms with Crippen molar-refractivity contribution in [1.29, 1.82) is 0 Å². The van der Waals surface area contributed by atoms with Crippen molar-refractivity contribution in [2.45, 2.75) is 44.1 Å². The number of amides is 2. The number of likely N-dealkylation sites (tertiary alicyclic amines) is 1. The zero-order chi connectivity index (χ0) is 19.7. The van der Waals surface area contributed by atoms with Crippen LogP contribution in [0.2, 0.25) is 0 Å². The lowest BCUT2D eigenvalue weighted by Crippen LogP contribution is -2.49. The molecule has 2 saturated heterocycles. The Balaban J connectivity index is 1.36. The molecule has 0 unspecified atom stereocenters. The molecule has 2 aliphatic heterocycles. The zero-order valence-electron chi connectivity index (χ0n) is 16.1. The van der Waals surface area contributed by atoms with Crippen LogP contribution >= 0.6 is 0 Å². The van der Waals surface area contributed by atoms with E-state index in [1.165, 1.54) is 11.0 Å². The number of carbonyl (C=O) groups excluding carboxylic acids is 2. The minimum Gasteiger partial charge on any atom is -0.363 e. The van der Waals surface area contributed by atoms with Crippen molar-refractivity contribution >= 4 is 11.8 Å². The molecule has 2 aromatic heterocycles. The predicted molar refractivity (Wildman–Crippen MR) is 99.1 cm³/mol. The van der Waals surface area contributed by atoms with Crippen molar-refractivity contribution in [3.63, 3.8) is 0 Å². The van der Waals surface area contributed by atoms with E-state index in [4.69, 9.17) is 4.74 Å². The Morgan fingerprint density at radius 3 is 2.82 bits per heavy atom. The van der Waals surface area contributed by atoms with Crippen molar-refractivity contribution in [3.05, 3.63) is 42.2 Å². The normalized spacial score (nSPS) is 24.1. The predicted octanol–water partition coefficient (Wildman–Crippen LogP) is 0.631. The van der Waals surface area contributed by atoms with Crippen molar-refractivity contribution in [2.24, 2.45) is 7.05 Å². The van der Waals surface area contributed by atoms with E-state index < -0.39 is 6.10 Å². The number of rotatable bonds is 4. The minimum atomic E-state index is -0.474. The van der Waals surface area contributed by atoms with Crippen molar-refractivity contribution < 1.29 is 14.3 Å². The van der Waals surface area contributed by atoms with Gasteiger partial charge in [0.2, 0.25) is 5.82 Å². The second-order valence-corrected chi connectivity index (χ2v) is 7.35. The highest BCUT2D eigenvalue weighted by Gasteiger charge is 2.44. The zero-order valence-corrected chi connectivity index (χ0v) is 16.1. The molecule has 9 heteroatoms. The molecule has 2 fully saturated rings. The number of aromatic nitrogens is 4. The van der Waals surface area contributed by atoms with E-state index in [0.29, 0.717) is 19.5 Å². The van der Waals surface area contributed by atoms with Gasteiger partial charge < -0.3 is 14.5 Å². The Labute approximate surface area is 163 Å². The Bertz CT molecular complexity index is 854. The molecule has 0 saturated carbocycles. The summed E-state index contributed by atoms with van der Waals surface area (Å²) in [7, 11) is 3.50. The fraction of sp³-hybridized carbons (Fsp3) is 0.526. The molecule has 0 aromatic carbocycles. The number of pyridine rings is 1. The molecule has 0 N–H and O–H groups in total. The van der Waals surface area contributed by atoms with E-state index in [2.05, 4.69) is 15.1 Å². The van der Waals surface area contributed by atoms with E-state index in [0.717, 1.165) is 18.5 Å². The third-order valence-electron chi connectivity index (χ3n) is 5.38. The van der Waals surface area contributed by atoms with Crippen LogP contribution in [0.4, 0.5) is 0 Å². The minimum absolute atomic E-state index is 0.0264. The molecule has 4 heterocycles. The number of hydrogen-bond donors (Lipinski definition) is 0. The van der Waals surface area contributed by atoms with Crippen LogP contribution in [0.1, 0.15) is 35.6 Å². The summed E-state index contributed by atoms with van der Waals surface area (Å²) in [6, 6.07) is 5.63. The Kier molecular flexibility index (Phi) is 5.08.